The number of nitrogens with one attached hydrogen (secondary N) is 1. The van der Waals surface area contributed by atoms with E-state index in [-0.39, 0.29) is 16.8 Å². The van der Waals surface area contributed by atoms with E-state index in [1.54, 1.807) is 19.2 Å². The number of ether oxygens (including phenoxy) is 1. The molecular weight excluding hydrogens is 316 g/mol. The fourth-order valence-corrected chi connectivity index (χ4v) is 3.71. The number of hydrogen-bond acceptors (Lipinski definition) is 4. The van der Waals surface area contributed by atoms with E-state index in [1.807, 2.05) is 4.90 Å². The lowest BCUT2D eigenvalue weighted by Gasteiger charge is -2.29. The van der Waals surface area contributed by atoms with Gasteiger partial charge in [0.15, 0.2) is 0 Å². The lowest BCUT2D eigenvalue weighted by atomic mass is 10.1. The molecule has 23 heavy (non-hydrogen) atoms. The summed E-state index contributed by atoms with van der Waals surface area (Å²) in [5.74, 6) is -0.137. The Morgan fingerprint density at radius 3 is 2.65 bits per heavy atom. The maximum absolute atomic E-state index is 12.9. The highest BCUT2D eigenvalue weighted by Crippen LogP contribution is 2.25. The monoisotopic (exact) mass is 340 g/mol. The Balaban J connectivity index is 2.27. The van der Waals surface area contributed by atoms with Crippen LogP contribution in [0.1, 0.15) is 36.0 Å². The minimum Gasteiger partial charge on any atom is -0.383 e. The number of carbonyl (C=O) groups is 1. The average molecular weight is 340 g/mol. The fourth-order valence-electron chi connectivity index (χ4n) is 2.94. The summed E-state index contributed by atoms with van der Waals surface area (Å²) in [5, 5.41) is 0. The summed E-state index contributed by atoms with van der Waals surface area (Å²) < 4.78 is 31.2. The minimum absolute atomic E-state index is 0.101. The number of nitrogens with zero attached hydrogens (tertiary/aromatic N) is 1. The molecule has 0 heterocycles. The summed E-state index contributed by atoms with van der Waals surface area (Å²) in [5.41, 5.74) is 0.393. The summed E-state index contributed by atoms with van der Waals surface area (Å²) in [6.07, 6.45) is 4.22. The van der Waals surface area contributed by atoms with Crippen molar-refractivity contribution in [1.29, 1.82) is 0 Å². The number of hydrogen-bond donors (Lipinski definition) is 1. The molecule has 0 aromatic heterocycles. The molecule has 2 rings (SSSR count). The molecule has 0 spiro atoms. The zero-order chi connectivity index (χ0) is 16.9. The van der Waals surface area contributed by atoms with Gasteiger partial charge in [0, 0.05) is 25.3 Å². The topological polar surface area (TPSA) is 75.7 Å². The van der Waals surface area contributed by atoms with Gasteiger partial charge in [-0.15, -0.1) is 0 Å². The molecule has 0 bridgehead atoms. The molecule has 1 fully saturated rings. The second-order valence-electron chi connectivity index (χ2n) is 5.67. The van der Waals surface area contributed by atoms with E-state index in [0.29, 0.717) is 18.7 Å². The number of benzene rings is 1. The summed E-state index contributed by atoms with van der Waals surface area (Å²) in [6, 6.07) is 6.38. The van der Waals surface area contributed by atoms with Gasteiger partial charge in [-0.25, -0.2) is 13.1 Å². The molecule has 6 nitrogen and oxygen atoms in total. The second-order valence-corrected chi connectivity index (χ2v) is 7.55. The third-order valence-corrected chi connectivity index (χ3v) is 5.63. The maximum atomic E-state index is 12.9. The smallest absolute Gasteiger partial charge is 0.254 e. The Morgan fingerprint density at radius 2 is 2.04 bits per heavy atom. The van der Waals surface area contributed by atoms with Gasteiger partial charge in [0.05, 0.1) is 11.5 Å². The largest absolute Gasteiger partial charge is 0.383 e. The molecule has 1 aromatic rings. The standard InChI is InChI=1S/C16H24N2O4S/c1-17-23(20,21)15-9-5-6-13(12-15)16(19)18(10-11-22-2)14-7-3-4-8-14/h5-6,9,12,14,17H,3-4,7-8,10-11H2,1-2H3. The van der Waals surface area contributed by atoms with Crippen molar-refractivity contribution in [3.63, 3.8) is 0 Å². The van der Waals surface area contributed by atoms with Crippen LogP contribution in [0.5, 0.6) is 0 Å². The highest BCUT2D eigenvalue weighted by atomic mass is 32.2. The fraction of sp³-hybridized carbons (Fsp3) is 0.562. The van der Waals surface area contributed by atoms with Crippen molar-refractivity contribution in [2.45, 2.75) is 36.6 Å². The molecule has 1 saturated carbocycles. The Bertz CT molecular complexity index is 639. The van der Waals surface area contributed by atoms with Crippen LogP contribution in [0.2, 0.25) is 0 Å². The van der Waals surface area contributed by atoms with E-state index in [1.165, 1.54) is 19.2 Å². The molecule has 0 saturated heterocycles. The van der Waals surface area contributed by atoms with Crippen LogP contribution >= 0.6 is 0 Å². The highest BCUT2D eigenvalue weighted by Gasteiger charge is 2.27. The molecule has 0 radical (unpaired) electrons. The van der Waals surface area contributed by atoms with Crippen LogP contribution in [0.25, 0.3) is 0 Å². The van der Waals surface area contributed by atoms with Gasteiger partial charge in [0.25, 0.3) is 5.91 Å². The van der Waals surface area contributed by atoms with Crippen LogP contribution in [-0.2, 0) is 14.8 Å². The molecule has 7 heteroatoms. The normalized spacial score (nSPS) is 15.7. The van der Waals surface area contributed by atoms with E-state index < -0.39 is 10.0 Å². The number of methoxy groups -OCH3 is 1. The Morgan fingerprint density at radius 1 is 1.35 bits per heavy atom. The molecule has 1 aliphatic carbocycles. The van der Waals surface area contributed by atoms with Gasteiger partial charge in [-0.1, -0.05) is 18.9 Å². The Labute approximate surface area is 137 Å². The molecule has 128 valence electrons. The lowest BCUT2D eigenvalue weighted by molar-refractivity contribution is 0.0606. The number of carbonyl (C=O) groups excluding carboxylic acids is 1. The Hall–Kier alpha value is -1.44. The van der Waals surface area contributed by atoms with Crippen molar-refractivity contribution in [3.05, 3.63) is 29.8 Å². The molecule has 1 amide bonds. The van der Waals surface area contributed by atoms with Crippen LogP contribution < -0.4 is 4.72 Å². The number of amides is 1. The van der Waals surface area contributed by atoms with Gasteiger partial charge in [-0.3, -0.25) is 4.79 Å². The van der Waals surface area contributed by atoms with Gasteiger partial charge in [-0.05, 0) is 38.1 Å². The zero-order valence-corrected chi connectivity index (χ0v) is 14.4. The minimum atomic E-state index is -3.56. The van der Waals surface area contributed by atoms with Crippen LogP contribution in [-0.4, -0.2) is 52.6 Å². The summed E-state index contributed by atoms with van der Waals surface area (Å²) in [7, 11) is -0.598. The van der Waals surface area contributed by atoms with Gasteiger partial charge < -0.3 is 9.64 Å². The first-order valence-corrected chi connectivity index (χ1v) is 9.31. The molecule has 1 aliphatic rings. The number of sulfonamides is 1. The van der Waals surface area contributed by atoms with E-state index >= 15 is 0 Å². The third kappa shape index (κ3) is 4.31. The Kier molecular flexibility index (Phi) is 6.15. The predicted octanol–water partition coefficient (Wildman–Crippen LogP) is 1.63. The summed E-state index contributed by atoms with van der Waals surface area (Å²) in [6.45, 7) is 0.986. The highest BCUT2D eigenvalue weighted by molar-refractivity contribution is 7.89. The second kappa shape index (κ2) is 7.90. The maximum Gasteiger partial charge on any atom is 0.254 e. The molecular formula is C16H24N2O4S. The van der Waals surface area contributed by atoms with E-state index in [9.17, 15) is 13.2 Å². The van der Waals surface area contributed by atoms with Gasteiger partial charge in [0.1, 0.15) is 0 Å². The van der Waals surface area contributed by atoms with E-state index in [2.05, 4.69) is 4.72 Å². The van der Waals surface area contributed by atoms with E-state index in [4.69, 9.17) is 4.74 Å². The summed E-state index contributed by atoms with van der Waals surface area (Å²) in [4.78, 5) is 14.8. The van der Waals surface area contributed by atoms with Crippen LogP contribution in [0.15, 0.2) is 29.2 Å². The first-order chi connectivity index (χ1) is 11.0. The first kappa shape index (κ1) is 17.9. The van der Waals surface area contributed by atoms with Crippen molar-refractivity contribution >= 4 is 15.9 Å². The average Bonchev–Trinajstić information content (AvgIpc) is 3.09. The predicted molar refractivity (Wildman–Crippen MR) is 87.9 cm³/mol. The molecule has 1 aromatic carbocycles. The third-order valence-electron chi connectivity index (χ3n) is 4.22. The molecule has 1 N–H and O–H groups in total. The van der Waals surface area contributed by atoms with E-state index in [0.717, 1.165) is 25.7 Å². The molecule has 0 aliphatic heterocycles. The molecule has 0 unspecified atom stereocenters. The SMILES string of the molecule is CNS(=O)(=O)c1cccc(C(=O)N(CCOC)C2CCCC2)c1. The van der Waals surface area contributed by atoms with Crippen molar-refractivity contribution in [2.75, 3.05) is 27.3 Å². The van der Waals surface area contributed by atoms with Crippen LogP contribution in [0.4, 0.5) is 0 Å². The van der Waals surface area contributed by atoms with Crippen molar-refractivity contribution in [2.24, 2.45) is 0 Å². The van der Waals surface area contributed by atoms with Crippen LogP contribution in [0, 0.1) is 0 Å². The first-order valence-electron chi connectivity index (χ1n) is 7.83. The lowest BCUT2D eigenvalue weighted by Crippen LogP contribution is -2.41. The van der Waals surface area contributed by atoms with Gasteiger partial charge >= 0.3 is 0 Å². The quantitative estimate of drug-likeness (QED) is 0.818. The summed E-state index contributed by atoms with van der Waals surface area (Å²) >= 11 is 0. The van der Waals surface area contributed by atoms with Crippen molar-refractivity contribution in [3.8, 4) is 0 Å². The van der Waals surface area contributed by atoms with Gasteiger partial charge in [-0.2, -0.15) is 0 Å². The van der Waals surface area contributed by atoms with Crippen LogP contribution in [0.3, 0.4) is 0 Å². The zero-order valence-electron chi connectivity index (χ0n) is 13.6. The van der Waals surface area contributed by atoms with Crippen molar-refractivity contribution < 1.29 is 17.9 Å². The van der Waals surface area contributed by atoms with Gasteiger partial charge in [0.2, 0.25) is 10.0 Å². The van der Waals surface area contributed by atoms with Crippen molar-refractivity contribution in [1.82, 2.24) is 9.62 Å². The number of rotatable bonds is 7. The molecule has 0 atom stereocenters.